The fourth-order valence-corrected chi connectivity index (χ4v) is 3.39. The van der Waals surface area contributed by atoms with Crippen molar-refractivity contribution in [3.05, 3.63) is 46.5 Å². The lowest BCUT2D eigenvalue weighted by molar-refractivity contribution is -0.274. The van der Waals surface area contributed by atoms with Crippen LogP contribution in [0.2, 0.25) is 0 Å². The van der Waals surface area contributed by atoms with Crippen molar-refractivity contribution in [2.75, 3.05) is 5.75 Å². The molecule has 5 nitrogen and oxygen atoms in total. The Balaban J connectivity index is 2.38. The van der Waals surface area contributed by atoms with Crippen molar-refractivity contribution >= 4 is 41.2 Å². The predicted molar refractivity (Wildman–Crippen MR) is 128 cm³/mol. The molecule has 2 rings (SSSR count). The highest BCUT2D eigenvalue weighted by molar-refractivity contribution is 7.99. The highest BCUT2D eigenvalue weighted by Gasteiger charge is 2.31. The van der Waals surface area contributed by atoms with Crippen LogP contribution in [0.3, 0.4) is 0 Å². The number of carbonyl (C=O) groups excluding carboxylic acids is 1. The Bertz CT molecular complexity index is 1080. The van der Waals surface area contributed by atoms with E-state index < -0.39 is 6.36 Å². The number of alkyl halides is 3. The van der Waals surface area contributed by atoms with Gasteiger partial charge in [-0.05, 0) is 43.6 Å². The maximum atomic E-state index is 12.4. The van der Waals surface area contributed by atoms with Gasteiger partial charge in [-0.2, -0.15) is 0 Å². The summed E-state index contributed by atoms with van der Waals surface area (Å²) in [6, 6.07) is 5.48. The Labute approximate surface area is 192 Å². The molecule has 0 saturated heterocycles. The highest BCUT2D eigenvalue weighted by atomic mass is 32.2. The van der Waals surface area contributed by atoms with E-state index in [1.807, 2.05) is 22.6 Å². The van der Waals surface area contributed by atoms with Crippen LogP contribution >= 0.6 is 11.8 Å². The number of hydrogen-bond donors (Lipinski definition) is 1. The zero-order valence-electron chi connectivity index (χ0n) is 18.5. The molecule has 0 aliphatic carbocycles. The van der Waals surface area contributed by atoms with Crippen molar-refractivity contribution in [1.82, 2.24) is 15.3 Å². The van der Waals surface area contributed by atoms with Gasteiger partial charge in [-0.1, -0.05) is 17.7 Å². The molecule has 0 bridgehead atoms. The van der Waals surface area contributed by atoms with E-state index >= 15 is 0 Å². The quantitative estimate of drug-likeness (QED) is 0.223. The number of nitrogens with one attached hydrogen (secondary N) is 1. The van der Waals surface area contributed by atoms with Crippen LogP contribution in [-0.2, 0) is 11.3 Å². The first-order valence-corrected chi connectivity index (χ1v) is 10.7. The van der Waals surface area contributed by atoms with Crippen molar-refractivity contribution in [3.63, 3.8) is 0 Å². The smallest absolute Gasteiger partial charge is 0.406 e. The highest BCUT2D eigenvalue weighted by Crippen LogP contribution is 2.31. The maximum absolute atomic E-state index is 12.4. The number of amides is 1. The van der Waals surface area contributed by atoms with Crippen LogP contribution in [0.4, 0.5) is 13.2 Å². The molecule has 2 aromatic rings. The van der Waals surface area contributed by atoms with Crippen LogP contribution < -0.4 is 10.1 Å². The molecule has 1 aromatic heterocycles. The molecule has 1 amide bonds. The first-order valence-electron chi connectivity index (χ1n) is 9.70. The third-order valence-corrected chi connectivity index (χ3v) is 5.42. The lowest BCUT2D eigenvalue weighted by atomic mass is 9.69. The van der Waals surface area contributed by atoms with Gasteiger partial charge >= 0.3 is 6.36 Å². The molecule has 0 spiro atoms. The van der Waals surface area contributed by atoms with Gasteiger partial charge in [0.25, 0.3) is 0 Å². The molecule has 1 aromatic carbocycles. The molecule has 164 valence electrons. The van der Waals surface area contributed by atoms with Gasteiger partial charge in [0, 0.05) is 11.1 Å². The first-order chi connectivity index (χ1) is 15.0. The number of carbonyl (C=O) groups is 1. The van der Waals surface area contributed by atoms with Crippen molar-refractivity contribution in [3.8, 4) is 28.8 Å². The zero-order valence-corrected chi connectivity index (χ0v) is 19.3. The zero-order chi connectivity index (χ0) is 23.9. The minimum Gasteiger partial charge on any atom is -0.406 e. The second-order valence-electron chi connectivity index (χ2n) is 7.01. The summed E-state index contributed by atoms with van der Waals surface area (Å²) in [5.74, 6) is 6.17. The molecule has 32 heavy (non-hydrogen) atoms. The number of hydrogen-bond acceptors (Lipinski definition) is 5. The first kappa shape index (κ1) is 25.5. The molecule has 0 radical (unpaired) electrons. The summed E-state index contributed by atoms with van der Waals surface area (Å²) in [6.07, 6.45) is -4.76. The summed E-state index contributed by atoms with van der Waals surface area (Å²) in [6.45, 7) is 3.70. The number of ether oxygens (including phenoxy) is 1. The summed E-state index contributed by atoms with van der Waals surface area (Å²) in [4.78, 5) is 21.4. The van der Waals surface area contributed by atoms with Gasteiger partial charge in [0.05, 0.1) is 18.0 Å². The third kappa shape index (κ3) is 7.41. The van der Waals surface area contributed by atoms with Crippen LogP contribution in [-0.4, -0.2) is 51.5 Å². The molecule has 0 fully saturated rings. The van der Waals surface area contributed by atoms with Gasteiger partial charge in [-0.25, -0.2) is 9.97 Å². The van der Waals surface area contributed by atoms with E-state index in [1.54, 1.807) is 14.8 Å². The molecule has 0 atom stereocenters. The summed E-state index contributed by atoms with van der Waals surface area (Å²) in [7, 11) is 5.44. The Morgan fingerprint density at radius 2 is 1.84 bits per heavy atom. The van der Waals surface area contributed by atoms with E-state index in [0.717, 1.165) is 10.9 Å². The van der Waals surface area contributed by atoms with Crippen LogP contribution in [0.5, 0.6) is 5.75 Å². The van der Waals surface area contributed by atoms with Crippen LogP contribution in [0.1, 0.15) is 18.3 Å². The molecular formula is C20H21B3F3N3O2S. The van der Waals surface area contributed by atoms with Crippen molar-refractivity contribution in [1.29, 1.82) is 0 Å². The van der Waals surface area contributed by atoms with Gasteiger partial charge < -0.3 is 10.1 Å². The number of benzene rings is 1. The number of aromatic nitrogens is 2. The molecule has 0 aliphatic heterocycles. The molecule has 0 aliphatic rings. The van der Waals surface area contributed by atoms with E-state index in [1.165, 1.54) is 36.0 Å². The third-order valence-electron chi connectivity index (χ3n) is 4.46. The number of nitrogens with zero attached hydrogens (tertiary/aromatic N) is 2. The van der Waals surface area contributed by atoms with Crippen LogP contribution in [0.15, 0.2) is 40.1 Å². The van der Waals surface area contributed by atoms with Crippen molar-refractivity contribution in [2.24, 2.45) is 0 Å². The van der Waals surface area contributed by atoms with E-state index in [2.05, 4.69) is 31.9 Å². The SMILES string of the molecule is BC(B)=C(B)C(=O)NCc1nc(SCC#CC)c(C)c(-c2ccc(OC(F)(F)F)cc2)n1. The second-order valence-corrected chi connectivity index (χ2v) is 7.98. The molecular weight excluding hydrogens is 436 g/mol. The number of rotatable bonds is 7. The predicted octanol–water partition coefficient (Wildman–Crippen LogP) is 1.15. The topological polar surface area (TPSA) is 64.1 Å². The Hall–Kier alpha value is -2.80. The molecule has 1 heterocycles. The molecule has 1 N–H and O–H groups in total. The maximum Gasteiger partial charge on any atom is 0.573 e. The van der Waals surface area contributed by atoms with E-state index in [9.17, 15) is 18.0 Å². The summed E-state index contributed by atoms with van der Waals surface area (Å²) in [5.41, 5.74) is 2.56. The fraction of sp³-hybridized carbons (Fsp3) is 0.250. The fourth-order valence-electron chi connectivity index (χ4n) is 2.55. The van der Waals surface area contributed by atoms with E-state index in [-0.39, 0.29) is 18.2 Å². The van der Waals surface area contributed by atoms with Gasteiger partial charge in [0.2, 0.25) is 5.91 Å². The Morgan fingerprint density at radius 3 is 2.41 bits per heavy atom. The number of halogens is 3. The van der Waals surface area contributed by atoms with Gasteiger partial charge in [0.15, 0.2) is 0 Å². The largest absolute Gasteiger partial charge is 0.573 e. The summed E-state index contributed by atoms with van der Waals surface area (Å²) < 4.78 is 41.3. The molecule has 12 heteroatoms. The minimum atomic E-state index is -4.76. The molecule has 0 saturated carbocycles. The lowest BCUT2D eigenvalue weighted by Gasteiger charge is -2.14. The van der Waals surface area contributed by atoms with E-state index in [0.29, 0.717) is 33.3 Å². The Morgan fingerprint density at radius 1 is 1.19 bits per heavy atom. The minimum absolute atomic E-state index is 0.110. The number of thioether (sulfide) groups is 1. The van der Waals surface area contributed by atoms with Gasteiger partial charge in [-0.3, -0.25) is 4.79 Å². The normalized spacial score (nSPS) is 10.7. The van der Waals surface area contributed by atoms with E-state index in [4.69, 9.17) is 0 Å². The summed E-state index contributed by atoms with van der Waals surface area (Å²) >= 11 is 1.43. The second kappa shape index (κ2) is 11.2. The average Bonchev–Trinajstić information content (AvgIpc) is 2.72. The van der Waals surface area contributed by atoms with Crippen molar-refractivity contribution in [2.45, 2.75) is 31.8 Å². The van der Waals surface area contributed by atoms with Crippen LogP contribution in [0.25, 0.3) is 11.3 Å². The lowest BCUT2D eigenvalue weighted by Crippen LogP contribution is -2.27. The van der Waals surface area contributed by atoms with Gasteiger partial charge in [-0.15, -0.1) is 24.5 Å². The Kier molecular flexibility index (Phi) is 8.90. The summed E-state index contributed by atoms with van der Waals surface area (Å²) in [5, 5.41) is 4.40. The average molecular weight is 457 g/mol. The van der Waals surface area contributed by atoms with Gasteiger partial charge in [0.1, 0.15) is 40.1 Å². The molecule has 0 unspecified atom stereocenters. The monoisotopic (exact) mass is 457 g/mol. The standard InChI is InChI=1S/C20H21B3F3N3O2S/c1-3-4-9-32-19-11(2)16(12-5-7-13(8-6-12)31-20(24,25)26)28-14(29-19)10-27-18(30)15(21)17(22)23/h5-8H,9-10,21-23H2,1-2H3,(H,27,30). The van der Waals surface area contributed by atoms with Crippen LogP contribution in [0, 0.1) is 18.8 Å². The van der Waals surface area contributed by atoms with Crippen molar-refractivity contribution < 1.29 is 22.7 Å².